The van der Waals surface area contributed by atoms with Crippen molar-refractivity contribution in [1.29, 1.82) is 0 Å². The summed E-state index contributed by atoms with van der Waals surface area (Å²) in [6.07, 6.45) is 4.06. The highest BCUT2D eigenvalue weighted by Crippen LogP contribution is 2.30. The predicted octanol–water partition coefficient (Wildman–Crippen LogP) is 3.44. The molecular weight excluding hydrogens is 331 g/mol. The fourth-order valence-electron chi connectivity index (χ4n) is 3.05. The lowest BCUT2D eigenvalue weighted by atomic mass is 9.97. The number of carbonyl (C=O) groups is 1. The first-order valence-electron chi connectivity index (χ1n) is 7.14. The summed E-state index contributed by atoms with van der Waals surface area (Å²) in [6, 6.07) is 3.70. The van der Waals surface area contributed by atoms with E-state index in [4.69, 9.17) is 23.2 Å². The number of fused-ring (bicyclic) bond motifs is 1. The van der Waals surface area contributed by atoms with E-state index in [1.54, 1.807) is 6.07 Å². The number of nitrogens with zero attached hydrogens (tertiary/aromatic N) is 1. The SMILES string of the molecule is Cl.O=C(C1CCCCN1)N1CCc2cc(Cl)cc(Cl)c2C1. The molecule has 1 saturated heterocycles. The molecule has 2 heterocycles. The highest BCUT2D eigenvalue weighted by Gasteiger charge is 2.29. The van der Waals surface area contributed by atoms with Gasteiger partial charge in [-0.05, 0) is 49.1 Å². The average Bonchev–Trinajstić information content (AvgIpc) is 2.47. The maximum Gasteiger partial charge on any atom is 0.240 e. The van der Waals surface area contributed by atoms with Crippen LogP contribution in [0.2, 0.25) is 10.0 Å². The Kier molecular flexibility index (Phi) is 5.78. The van der Waals surface area contributed by atoms with E-state index in [9.17, 15) is 4.79 Å². The van der Waals surface area contributed by atoms with Gasteiger partial charge in [-0.2, -0.15) is 0 Å². The van der Waals surface area contributed by atoms with Crippen LogP contribution in [0.15, 0.2) is 12.1 Å². The van der Waals surface area contributed by atoms with Crippen molar-refractivity contribution in [2.75, 3.05) is 13.1 Å². The van der Waals surface area contributed by atoms with Crippen molar-refractivity contribution >= 4 is 41.5 Å². The molecule has 1 amide bonds. The standard InChI is InChI=1S/C15H18Cl2N2O.ClH/c16-11-7-10-4-6-19(9-12(10)13(17)8-11)15(20)14-3-1-2-5-18-14;/h7-8,14,18H,1-6,9H2;1H. The third kappa shape index (κ3) is 3.65. The first-order valence-corrected chi connectivity index (χ1v) is 7.90. The Bertz CT molecular complexity index is 530. The molecule has 1 aromatic rings. The van der Waals surface area contributed by atoms with Crippen LogP contribution in [-0.4, -0.2) is 29.9 Å². The van der Waals surface area contributed by atoms with Crippen LogP contribution < -0.4 is 5.32 Å². The minimum absolute atomic E-state index is 0. The molecule has 0 bridgehead atoms. The number of halogens is 3. The van der Waals surface area contributed by atoms with Crippen LogP contribution in [0.1, 0.15) is 30.4 Å². The highest BCUT2D eigenvalue weighted by atomic mass is 35.5. The maximum absolute atomic E-state index is 12.5. The molecule has 1 N–H and O–H groups in total. The lowest BCUT2D eigenvalue weighted by Gasteiger charge is -2.34. The van der Waals surface area contributed by atoms with E-state index in [0.717, 1.165) is 44.3 Å². The predicted molar refractivity (Wildman–Crippen MR) is 88.5 cm³/mol. The number of benzene rings is 1. The van der Waals surface area contributed by atoms with Crippen LogP contribution in [0.3, 0.4) is 0 Å². The van der Waals surface area contributed by atoms with Crippen molar-refractivity contribution in [3.8, 4) is 0 Å². The molecule has 2 aliphatic rings. The molecule has 1 unspecified atom stereocenters. The van der Waals surface area contributed by atoms with Crippen LogP contribution in [-0.2, 0) is 17.8 Å². The molecule has 3 nitrogen and oxygen atoms in total. The Morgan fingerprint density at radius 2 is 2.10 bits per heavy atom. The topological polar surface area (TPSA) is 32.3 Å². The maximum atomic E-state index is 12.5. The number of piperidine rings is 1. The minimum Gasteiger partial charge on any atom is -0.337 e. The zero-order valence-corrected chi connectivity index (χ0v) is 14.0. The van der Waals surface area contributed by atoms with Gasteiger partial charge < -0.3 is 10.2 Å². The van der Waals surface area contributed by atoms with Crippen LogP contribution in [0.25, 0.3) is 0 Å². The number of hydrogen-bond acceptors (Lipinski definition) is 2. The molecular formula is C15H19Cl3N2O. The van der Waals surface area contributed by atoms with Crippen LogP contribution in [0.5, 0.6) is 0 Å². The summed E-state index contributed by atoms with van der Waals surface area (Å²) in [6.45, 7) is 2.29. The average molecular weight is 350 g/mol. The van der Waals surface area contributed by atoms with Gasteiger partial charge in [-0.25, -0.2) is 0 Å². The summed E-state index contributed by atoms with van der Waals surface area (Å²) in [5.74, 6) is 0.210. The molecule has 1 fully saturated rings. The van der Waals surface area contributed by atoms with Gasteiger partial charge in [-0.15, -0.1) is 12.4 Å². The van der Waals surface area contributed by atoms with E-state index in [1.807, 2.05) is 11.0 Å². The summed E-state index contributed by atoms with van der Waals surface area (Å²) < 4.78 is 0. The second-order valence-corrected chi connectivity index (χ2v) is 6.38. The van der Waals surface area contributed by atoms with Gasteiger partial charge in [0.15, 0.2) is 0 Å². The van der Waals surface area contributed by atoms with E-state index >= 15 is 0 Å². The van der Waals surface area contributed by atoms with Gasteiger partial charge in [0.05, 0.1) is 6.04 Å². The Morgan fingerprint density at radius 1 is 1.29 bits per heavy atom. The quantitative estimate of drug-likeness (QED) is 0.842. The molecule has 116 valence electrons. The first kappa shape index (κ1) is 16.9. The lowest BCUT2D eigenvalue weighted by molar-refractivity contribution is -0.135. The van der Waals surface area contributed by atoms with E-state index in [1.165, 1.54) is 5.56 Å². The fraction of sp³-hybridized carbons (Fsp3) is 0.533. The van der Waals surface area contributed by atoms with Crippen molar-refractivity contribution in [2.24, 2.45) is 0 Å². The summed E-state index contributed by atoms with van der Waals surface area (Å²) in [5.41, 5.74) is 2.22. The summed E-state index contributed by atoms with van der Waals surface area (Å²) in [7, 11) is 0. The van der Waals surface area contributed by atoms with Gasteiger partial charge in [0.25, 0.3) is 0 Å². The summed E-state index contributed by atoms with van der Waals surface area (Å²) in [4.78, 5) is 14.5. The monoisotopic (exact) mass is 348 g/mol. The number of rotatable bonds is 1. The molecule has 0 aliphatic carbocycles. The molecule has 0 radical (unpaired) electrons. The zero-order chi connectivity index (χ0) is 14.1. The number of amides is 1. The molecule has 2 aliphatic heterocycles. The van der Waals surface area contributed by atoms with E-state index in [0.29, 0.717) is 16.6 Å². The lowest BCUT2D eigenvalue weighted by Crippen LogP contribution is -2.49. The first-order chi connectivity index (χ1) is 9.65. The van der Waals surface area contributed by atoms with E-state index in [2.05, 4.69) is 5.32 Å². The Morgan fingerprint density at radius 3 is 2.81 bits per heavy atom. The van der Waals surface area contributed by atoms with Crippen molar-refractivity contribution < 1.29 is 4.79 Å². The van der Waals surface area contributed by atoms with Gasteiger partial charge in [0.1, 0.15) is 0 Å². The Labute approximate surface area is 141 Å². The Balaban J connectivity index is 0.00000161. The largest absolute Gasteiger partial charge is 0.337 e. The molecule has 1 atom stereocenters. The third-order valence-electron chi connectivity index (χ3n) is 4.17. The van der Waals surface area contributed by atoms with Crippen LogP contribution >= 0.6 is 35.6 Å². The molecule has 0 spiro atoms. The molecule has 6 heteroatoms. The number of nitrogens with one attached hydrogen (secondary N) is 1. The minimum atomic E-state index is -0.0172. The van der Waals surface area contributed by atoms with Gasteiger partial charge in [0.2, 0.25) is 5.91 Å². The zero-order valence-electron chi connectivity index (χ0n) is 11.7. The summed E-state index contributed by atoms with van der Waals surface area (Å²) >= 11 is 12.3. The highest BCUT2D eigenvalue weighted by molar-refractivity contribution is 6.35. The van der Waals surface area contributed by atoms with Gasteiger partial charge in [-0.1, -0.05) is 29.6 Å². The van der Waals surface area contributed by atoms with Crippen molar-refractivity contribution in [2.45, 2.75) is 38.3 Å². The molecule has 1 aromatic carbocycles. The second-order valence-electron chi connectivity index (χ2n) is 5.54. The molecule has 21 heavy (non-hydrogen) atoms. The summed E-state index contributed by atoms with van der Waals surface area (Å²) in [5, 5.41) is 4.66. The molecule has 3 rings (SSSR count). The molecule has 0 saturated carbocycles. The van der Waals surface area contributed by atoms with Gasteiger partial charge in [0, 0.05) is 23.1 Å². The number of hydrogen-bond donors (Lipinski definition) is 1. The van der Waals surface area contributed by atoms with Gasteiger partial charge in [-0.3, -0.25) is 4.79 Å². The van der Waals surface area contributed by atoms with Gasteiger partial charge >= 0.3 is 0 Å². The van der Waals surface area contributed by atoms with E-state index < -0.39 is 0 Å². The Hall–Kier alpha value is -0.480. The smallest absolute Gasteiger partial charge is 0.240 e. The number of carbonyl (C=O) groups excluding carboxylic acids is 1. The fourth-order valence-corrected chi connectivity index (χ4v) is 3.65. The van der Waals surface area contributed by atoms with Crippen molar-refractivity contribution in [3.63, 3.8) is 0 Å². The van der Waals surface area contributed by atoms with Crippen molar-refractivity contribution in [3.05, 3.63) is 33.3 Å². The van der Waals surface area contributed by atoms with Crippen LogP contribution in [0.4, 0.5) is 0 Å². The normalized spacial score (nSPS) is 21.4. The van der Waals surface area contributed by atoms with Crippen molar-refractivity contribution in [1.82, 2.24) is 10.2 Å². The van der Waals surface area contributed by atoms with Crippen LogP contribution in [0, 0.1) is 0 Å². The molecule has 0 aromatic heterocycles. The third-order valence-corrected chi connectivity index (χ3v) is 4.73. The second kappa shape index (κ2) is 7.19. The van der Waals surface area contributed by atoms with E-state index in [-0.39, 0.29) is 24.4 Å².